The van der Waals surface area contributed by atoms with Crippen molar-refractivity contribution in [1.82, 2.24) is 0 Å². The second-order valence-electron chi connectivity index (χ2n) is 9.88. The molecule has 4 aliphatic rings. The number of rotatable bonds is 2. The summed E-state index contributed by atoms with van der Waals surface area (Å²) in [6, 6.07) is 0. The van der Waals surface area contributed by atoms with Crippen LogP contribution in [-0.4, -0.2) is 50.0 Å². The first-order valence-electron chi connectivity index (χ1n) is 9.86. The van der Waals surface area contributed by atoms with Crippen molar-refractivity contribution in [1.29, 1.82) is 0 Å². The third-order valence-corrected chi connectivity index (χ3v) is 9.21. The molecule has 0 aromatic carbocycles. The second kappa shape index (κ2) is 5.09. The van der Waals surface area contributed by atoms with E-state index in [1.165, 1.54) is 0 Å². The van der Waals surface area contributed by atoms with Crippen LogP contribution >= 0.6 is 0 Å². The Kier molecular flexibility index (Phi) is 3.60. The Bertz CT molecular complexity index is 677. The van der Waals surface area contributed by atoms with E-state index in [9.17, 15) is 30.0 Å². The SMILES string of the molecule is C[C@@]1(C(=O)O)CCC[C@]2(C)[C@@H]1CC[C@@]13C[C@@H](CC[C@]12O)[C@@](O)(CO)C3=O. The van der Waals surface area contributed by atoms with Gasteiger partial charge in [-0.15, -0.1) is 0 Å². The number of hydrogen-bond acceptors (Lipinski definition) is 5. The number of aliphatic hydroxyl groups excluding tert-OH is 1. The summed E-state index contributed by atoms with van der Waals surface area (Å²) in [6.45, 7) is 3.13. The van der Waals surface area contributed by atoms with Gasteiger partial charge in [0.2, 0.25) is 0 Å². The van der Waals surface area contributed by atoms with Crippen LogP contribution in [0.4, 0.5) is 0 Å². The molecule has 4 aliphatic carbocycles. The number of hydrogen-bond donors (Lipinski definition) is 4. The van der Waals surface area contributed by atoms with Crippen LogP contribution in [0.15, 0.2) is 0 Å². The molecular formula is C20H30O6. The summed E-state index contributed by atoms with van der Waals surface area (Å²) in [5.41, 5.74) is -5.74. The van der Waals surface area contributed by atoms with Crippen molar-refractivity contribution in [3.05, 3.63) is 0 Å². The molecule has 4 rings (SSSR count). The fourth-order valence-electron chi connectivity index (χ4n) is 7.71. The number of Topliss-reactive ketones (excluding diaryl/α,β-unsaturated/α-hetero) is 1. The maximum absolute atomic E-state index is 13.3. The second-order valence-corrected chi connectivity index (χ2v) is 9.88. The van der Waals surface area contributed by atoms with E-state index in [0.717, 1.165) is 0 Å². The monoisotopic (exact) mass is 366 g/mol. The van der Waals surface area contributed by atoms with Gasteiger partial charge in [-0.2, -0.15) is 0 Å². The van der Waals surface area contributed by atoms with E-state index in [2.05, 4.69) is 0 Å². The van der Waals surface area contributed by atoms with E-state index in [-0.39, 0.29) is 11.8 Å². The summed E-state index contributed by atoms with van der Waals surface area (Å²) in [5, 5.41) is 42.5. The first kappa shape index (κ1) is 18.4. The van der Waals surface area contributed by atoms with Gasteiger partial charge in [-0.25, -0.2) is 0 Å². The highest BCUT2D eigenvalue weighted by Gasteiger charge is 2.78. The summed E-state index contributed by atoms with van der Waals surface area (Å²) in [7, 11) is 0. The minimum absolute atomic E-state index is 0.205. The lowest BCUT2D eigenvalue weighted by atomic mass is 9.38. The van der Waals surface area contributed by atoms with Crippen molar-refractivity contribution in [3.63, 3.8) is 0 Å². The maximum atomic E-state index is 13.3. The standard InChI is InChI=1S/C20H30O6/c1-16(15(23)24)6-3-7-17(2)13(16)5-8-18-10-12(4-9-20(17,18)26)19(25,11-21)14(18)22/h12-13,21,25-26H,3-11H2,1-2H3,(H,23,24)/t12-,13-,16-,17-,18+,19+,20-/m1/s1. The molecule has 1 spiro atoms. The number of carboxylic acids is 1. The van der Waals surface area contributed by atoms with Crippen molar-refractivity contribution in [2.24, 2.45) is 28.1 Å². The molecule has 0 heterocycles. The Morgan fingerprint density at radius 3 is 2.42 bits per heavy atom. The molecule has 6 nitrogen and oxygen atoms in total. The predicted molar refractivity (Wildman–Crippen MR) is 92.2 cm³/mol. The van der Waals surface area contributed by atoms with Crippen LogP contribution in [0, 0.1) is 28.1 Å². The molecule has 2 bridgehead atoms. The minimum atomic E-state index is -1.77. The van der Waals surface area contributed by atoms with E-state index in [4.69, 9.17) is 0 Å². The molecule has 4 fully saturated rings. The average molecular weight is 366 g/mol. The summed E-state index contributed by atoms with van der Waals surface area (Å²) in [5.74, 6) is -1.77. The third kappa shape index (κ3) is 1.70. The highest BCUT2D eigenvalue weighted by Crippen LogP contribution is 2.73. The van der Waals surface area contributed by atoms with Crippen molar-refractivity contribution in [2.45, 2.75) is 76.4 Å². The molecule has 0 radical (unpaired) electrons. The Labute approximate surface area is 153 Å². The zero-order valence-corrected chi connectivity index (χ0v) is 15.6. The first-order chi connectivity index (χ1) is 12.0. The lowest BCUT2D eigenvalue weighted by Gasteiger charge is -2.66. The Morgan fingerprint density at radius 2 is 1.81 bits per heavy atom. The highest BCUT2D eigenvalue weighted by atomic mass is 16.4. The molecule has 0 aliphatic heterocycles. The zero-order valence-electron chi connectivity index (χ0n) is 15.6. The van der Waals surface area contributed by atoms with Crippen LogP contribution in [0.3, 0.4) is 0 Å². The van der Waals surface area contributed by atoms with Gasteiger partial charge in [0.05, 0.1) is 23.0 Å². The first-order valence-corrected chi connectivity index (χ1v) is 9.86. The fourth-order valence-corrected chi connectivity index (χ4v) is 7.71. The number of carbonyl (C=O) groups is 2. The molecule has 0 saturated heterocycles. The molecule has 26 heavy (non-hydrogen) atoms. The number of ketones is 1. The summed E-state index contributed by atoms with van der Waals surface area (Å²) in [6.07, 6.45) is 4.19. The third-order valence-electron chi connectivity index (χ3n) is 9.21. The van der Waals surface area contributed by atoms with Gasteiger partial charge in [-0.05, 0) is 63.7 Å². The fraction of sp³-hybridized carbons (Fsp3) is 0.900. The average Bonchev–Trinajstić information content (AvgIpc) is 2.77. The summed E-state index contributed by atoms with van der Waals surface area (Å²) in [4.78, 5) is 25.4. The molecule has 0 aromatic rings. The van der Waals surface area contributed by atoms with E-state index in [1.54, 1.807) is 6.92 Å². The predicted octanol–water partition coefficient (Wildman–Crippen LogP) is 1.50. The van der Waals surface area contributed by atoms with Gasteiger partial charge in [-0.3, -0.25) is 9.59 Å². The molecule has 0 amide bonds. The normalized spacial score (nSPS) is 56.0. The van der Waals surface area contributed by atoms with Gasteiger partial charge in [0.15, 0.2) is 5.78 Å². The highest BCUT2D eigenvalue weighted by molar-refractivity contribution is 5.97. The zero-order chi connectivity index (χ0) is 19.2. The molecule has 4 saturated carbocycles. The Hall–Kier alpha value is -0.980. The van der Waals surface area contributed by atoms with E-state index < -0.39 is 45.8 Å². The molecule has 146 valence electrons. The number of aliphatic hydroxyl groups is 3. The van der Waals surface area contributed by atoms with Gasteiger partial charge in [0.25, 0.3) is 0 Å². The van der Waals surface area contributed by atoms with Crippen molar-refractivity contribution >= 4 is 11.8 Å². The van der Waals surface area contributed by atoms with Crippen LogP contribution in [0.25, 0.3) is 0 Å². The van der Waals surface area contributed by atoms with E-state index in [1.807, 2.05) is 6.92 Å². The maximum Gasteiger partial charge on any atom is 0.309 e. The van der Waals surface area contributed by atoms with Crippen LogP contribution in [-0.2, 0) is 9.59 Å². The van der Waals surface area contributed by atoms with Crippen LogP contribution < -0.4 is 0 Å². The van der Waals surface area contributed by atoms with Gasteiger partial charge < -0.3 is 20.4 Å². The van der Waals surface area contributed by atoms with Crippen molar-refractivity contribution in [3.8, 4) is 0 Å². The molecule has 0 aromatic heterocycles. The minimum Gasteiger partial charge on any atom is -0.481 e. The van der Waals surface area contributed by atoms with Crippen LogP contribution in [0.5, 0.6) is 0 Å². The van der Waals surface area contributed by atoms with Crippen LogP contribution in [0.2, 0.25) is 0 Å². The van der Waals surface area contributed by atoms with Gasteiger partial charge in [0.1, 0.15) is 5.60 Å². The van der Waals surface area contributed by atoms with Crippen LogP contribution in [0.1, 0.15) is 65.2 Å². The number of fused-ring (bicyclic) bond motifs is 3. The van der Waals surface area contributed by atoms with E-state index in [0.29, 0.717) is 51.4 Å². The molecular weight excluding hydrogens is 336 g/mol. The summed E-state index contributed by atoms with van der Waals surface area (Å²) < 4.78 is 0. The van der Waals surface area contributed by atoms with Gasteiger partial charge in [-0.1, -0.05) is 13.3 Å². The molecule has 7 atom stereocenters. The largest absolute Gasteiger partial charge is 0.481 e. The van der Waals surface area contributed by atoms with Gasteiger partial charge >= 0.3 is 5.97 Å². The topological polar surface area (TPSA) is 115 Å². The number of carboxylic acid groups (broad SMARTS) is 1. The Balaban J connectivity index is 1.85. The Morgan fingerprint density at radius 1 is 1.12 bits per heavy atom. The lowest BCUT2D eigenvalue weighted by molar-refractivity contribution is -0.255. The lowest BCUT2D eigenvalue weighted by Crippen LogP contribution is -2.70. The van der Waals surface area contributed by atoms with Gasteiger partial charge in [0, 0.05) is 5.41 Å². The number of aliphatic carboxylic acids is 1. The molecule has 4 N–H and O–H groups in total. The number of carbonyl (C=O) groups excluding carboxylic acids is 1. The molecule has 6 heteroatoms. The summed E-state index contributed by atoms with van der Waals surface area (Å²) >= 11 is 0. The van der Waals surface area contributed by atoms with Crippen molar-refractivity contribution < 1.29 is 30.0 Å². The van der Waals surface area contributed by atoms with Crippen molar-refractivity contribution in [2.75, 3.05) is 6.61 Å². The van der Waals surface area contributed by atoms with E-state index >= 15 is 0 Å². The molecule has 0 unspecified atom stereocenters. The smallest absolute Gasteiger partial charge is 0.309 e. The quantitative estimate of drug-likeness (QED) is 0.589.